The maximum absolute atomic E-state index is 12.9. The van der Waals surface area contributed by atoms with Gasteiger partial charge in [0.15, 0.2) is 6.10 Å². The van der Waals surface area contributed by atoms with Crippen LogP contribution in [0.25, 0.3) is 0 Å². The first-order valence-corrected chi connectivity index (χ1v) is 36.2. The highest BCUT2D eigenvalue weighted by Gasteiger charge is 2.19. The molecule has 0 aromatic carbocycles. The van der Waals surface area contributed by atoms with Crippen LogP contribution in [0.15, 0.2) is 12.2 Å². The lowest BCUT2D eigenvalue weighted by Gasteiger charge is -2.18. The average molecular weight is 1110 g/mol. The normalized spacial score (nSPS) is 12.0. The zero-order valence-corrected chi connectivity index (χ0v) is 53.9. The molecule has 0 rings (SSSR count). The highest BCUT2D eigenvalue weighted by molar-refractivity contribution is 5.71. The van der Waals surface area contributed by atoms with Crippen molar-refractivity contribution in [3.63, 3.8) is 0 Å². The first kappa shape index (κ1) is 77.2. The van der Waals surface area contributed by atoms with E-state index in [0.29, 0.717) is 19.3 Å². The van der Waals surface area contributed by atoms with Crippen LogP contribution in [0.3, 0.4) is 0 Å². The predicted octanol–water partition coefficient (Wildman–Crippen LogP) is 24.8. The van der Waals surface area contributed by atoms with Crippen molar-refractivity contribution in [2.24, 2.45) is 0 Å². The van der Waals surface area contributed by atoms with Gasteiger partial charge >= 0.3 is 17.9 Å². The molecule has 0 spiro atoms. The minimum absolute atomic E-state index is 0.0655. The van der Waals surface area contributed by atoms with Crippen LogP contribution in [0, 0.1) is 0 Å². The molecule has 1 atom stereocenters. The number of allylic oxidation sites excluding steroid dienone is 2. The van der Waals surface area contributed by atoms with Crippen LogP contribution in [0.4, 0.5) is 0 Å². The van der Waals surface area contributed by atoms with Crippen LogP contribution in [0.2, 0.25) is 0 Å². The molecule has 0 N–H and O–H groups in total. The Morgan fingerprint density at radius 3 is 0.633 bits per heavy atom. The van der Waals surface area contributed by atoms with E-state index in [2.05, 4.69) is 32.9 Å². The lowest BCUT2D eigenvalue weighted by atomic mass is 10.0. The summed E-state index contributed by atoms with van der Waals surface area (Å²) in [7, 11) is 0. The summed E-state index contributed by atoms with van der Waals surface area (Å²) in [4.78, 5) is 38.3. The minimum Gasteiger partial charge on any atom is -0.462 e. The lowest BCUT2D eigenvalue weighted by Crippen LogP contribution is -2.30. The van der Waals surface area contributed by atoms with E-state index in [-0.39, 0.29) is 31.1 Å². The van der Waals surface area contributed by atoms with E-state index in [1.54, 1.807) is 0 Å². The van der Waals surface area contributed by atoms with Crippen molar-refractivity contribution in [2.75, 3.05) is 13.2 Å². The van der Waals surface area contributed by atoms with Gasteiger partial charge in [-0.15, -0.1) is 0 Å². The highest BCUT2D eigenvalue weighted by Crippen LogP contribution is 2.19. The number of carbonyl (C=O) groups is 3. The van der Waals surface area contributed by atoms with Crippen LogP contribution in [-0.4, -0.2) is 37.2 Å². The van der Waals surface area contributed by atoms with Crippen LogP contribution in [0.5, 0.6) is 0 Å². The lowest BCUT2D eigenvalue weighted by molar-refractivity contribution is -0.167. The molecule has 0 aliphatic carbocycles. The van der Waals surface area contributed by atoms with Crippen molar-refractivity contribution < 1.29 is 28.6 Å². The van der Waals surface area contributed by atoms with E-state index < -0.39 is 6.10 Å². The van der Waals surface area contributed by atoms with Gasteiger partial charge in [0.25, 0.3) is 0 Å². The quantitative estimate of drug-likeness (QED) is 0.0261. The second-order valence-corrected chi connectivity index (χ2v) is 24.9. The third-order valence-corrected chi connectivity index (χ3v) is 16.8. The predicted molar refractivity (Wildman–Crippen MR) is 344 cm³/mol. The molecule has 0 saturated carbocycles. The second-order valence-electron chi connectivity index (χ2n) is 24.9. The summed E-state index contributed by atoms with van der Waals surface area (Å²) in [6.45, 7) is 6.70. The maximum atomic E-state index is 12.9. The second kappa shape index (κ2) is 68.6. The van der Waals surface area contributed by atoms with Gasteiger partial charge in [-0.3, -0.25) is 14.4 Å². The zero-order chi connectivity index (χ0) is 57.1. The molecule has 6 heteroatoms. The van der Waals surface area contributed by atoms with Gasteiger partial charge in [-0.05, 0) is 44.9 Å². The number of hydrogen-bond donors (Lipinski definition) is 0. The molecular formula is C73H140O6. The Balaban J connectivity index is 3.99. The molecule has 0 amide bonds. The van der Waals surface area contributed by atoms with Crippen molar-refractivity contribution in [1.82, 2.24) is 0 Å². The fraction of sp³-hybridized carbons (Fsp3) is 0.932. The zero-order valence-electron chi connectivity index (χ0n) is 53.9. The Morgan fingerprint density at radius 2 is 0.418 bits per heavy atom. The molecule has 0 heterocycles. The van der Waals surface area contributed by atoms with E-state index in [1.807, 2.05) is 0 Å². The summed E-state index contributed by atoms with van der Waals surface area (Å²) in [5.74, 6) is -0.841. The highest BCUT2D eigenvalue weighted by atomic mass is 16.6. The van der Waals surface area contributed by atoms with Crippen LogP contribution < -0.4 is 0 Å². The van der Waals surface area contributed by atoms with Crippen molar-refractivity contribution in [2.45, 2.75) is 425 Å². The van der Waals surface area contributed by atoms with Gasteiger partial charge < -0.3 is 14.2 Å². The number of rotatable bonds is 68. The Kier molecular flexibility index (Phi) is 67.0. The van der Waals surface area contributed by atoms with E-state index in [1.165, 1.54) is 321 Å². The molecule has 0 aliphatic heterocycles. The summed E-state index contributed by atoms with van der Waals surface area (Å²) in [6.07, 6.45) is 82.8. The molecule has 0 bridgehead atoms. The third-order valence-electron chi connectivity index (χ3n) is 16.8. The topological polar surface area (TPSA) is 78.9 Å². The Morgan fingerprint density at radius 1 is 0.241 bits per heavy atom. The molecule has 0 aromatic heterocycles. The van der Waals surface area contributed by atoms with Crippen LogP contribution in [-0.2, 0) is 28.6 Å². The number of carbonyl (C=O) groups excluding carboxylic acids is 3. The summed E-state index contributed by atoms with van der Waals surface area (Å²) in [5, 5.41) is 0. The number of ether oxygens (including phenoxy) is 3. The van der Waals surface area contributed by atoms with Gasteiger partial charge in [-0.25, -0.2) is 0 Å². The van der Waals surface area contributed by atoms with Gasteiger partial charge in [0, 0.05) is 19.3 Å². The molecule has 0 saturated heterocycles. The molecule has 0 aliphatic rings. The molecule has 1 unspecified atom stereocenters. The first-order valence-electron chi connectivity index (χ1n) is 36.2. The Labute approximate surface area is 494 Å². The number of esters is 3. The number of unbranched alkanes of at least 4 members (excludes halogenated alkanes) is 55. The number of hydrogen-bond acceptors (Lipinski definition) is 6. The minimum atomic E-state index is -0.768. The summed E-state index contributed by atoms with van der Waals surface area (Å²) in [5.41, 5.74) is 0. The fourth-order valence-electron chi connectivity index (χ4n) is 11.3. The van der Waals surface area contributed by atoms with Crippen LogP contribution in [0.1, 0.15) is 419 Å². The van der Waals surface area contributed by atoms with Gasteiger partial charge in [0.05, 0.1) is 0 Å². The molecule has 0 fully saturated rings. The largest absolute Gasteiger partial charge is 0.462 e. The standard InChI is InChI=1S/C73H140O6/c1-4-7-10-13-16-19-22-24-26-28-29-30-31-32-33-34-35-36-37-38-39-40-41-42-43-44-46-47-49-51-54-57-60-63-66-72(75)78-69-70(68-77-71(74)65-62-59-56-53-21-18-15-12-9-6-3)79-73(76)67-64-61-58-55-52-50-48-45-27-25-23-20-17-14-11-8-5-2/h25,27,70H,4-24,26,28-69H2,1-3H3/b27-25-. The summed E-state index contributed by atoms with van der Waals surface area (Å²) in [6, 6.07) is 0. The Bertz CT molecular complexity index is 1230. The van der Waals surface area contributed by atoms with E-state index in [4.69, 9.17) is 14.2 Å². The smallest absolute Gasteiger partial charge is 0.306 e. The average Bonchev–Trinajstić information content (AvgIpc) is 3.45. The van der Waals surface area contributed by atoms with Gasteiger partial charge in [0.1, 0.15) is 13.2 Å². The van der Waals surface area contributed by atoms with E-state index in [9.17, 15) is 14.4 Å². The van der Waals surface area contributed by atoms with Gasteiger partial charge in [-0.1, -0.05) is 367 Å². The van der Waals surface area contributed by atoms with Crippen molar-refractivity contribution in [3.05, 3.63) is 12.2 Å². The third kappa shape index (κ3) is 66.8. The molecule has 0 radical (unpaired) electrons. The van der Waals surface area contributed by atoms with E-state index in [0.717, 1.165) is 57.8 Å². The van der Waals surface area contributed by atoms with Gasteiger partial charge in [-0.2, -0.15) is 0 Å². The van der Waals surface area contributed by atoms with Crippen molar-refractivity contribution >= 4 is 17.9 Å². The molecule has 468 valence electrons. The van der Waals surface area contributed by atoms with E-state index >= 15 is 0 Å². The fourth-order valence-corrected chi connectivity index (χ4v) is 11.3. The molecule has 79 heavy (non-hydrogen) atoms. The molecule has 6 nitrogen and oxygen atoms in total. The van der Waals surface area contributed by atoms with Crippen molar-refractivity contribution in [1.29, 1.82) is 0 Å². The maximum Gasteiger partial charge on any atom is 0.306 e. The monoisotopic (exact) mass is 1110 g/mol. The van der Waals surface area contributed by atoms with Crippen molar-refractivity contribution in [3.8, 4) is 0 Å². The van der Waals surface area contributed by atoms with Crippen LogP contribution >= 0.6 is 0 Å². The first-order chi connectivity index (χ1) is 39.0. The van der Waals surface area contributed by atoms with Gasteiger partial charge in [0.2, 0.25) is 0 Å². The summed E-state index contributed by atoms with van der Waals surface area (Å²) < 4.78 is 16.9. The summed E-state index contributed by atoms with van der Waals surface area (Å²) >= 11 is 0. The SMILES string of the molecule is CCCCCCCC/C=C\CCCCCCCCCC(=O)OC(COC(=O)CCCCCCCCCCCC)COC(=O)CCCCCCCCCCCCCCCCCCCCCCCCCCCCCCCCCCCC. The molecule has 0 aromatic rings. The molecular weight excluding hydrogens is 973 g/mol. The Hall–Kier alpha value is -1.85.